The number of hydrogen-bond acceptors (Lipinski definition) is 3. The van der Waals surface area contributed by atoms with E-state index in [1.807, 2.05) is 0 Å². The van der Waals surface area contributed by atoms with Crippen molar-refractivity contribution in [3.8, 4) is 0 Å². The minimum atomic E-state index is -1.05. The molecule has 21 heavy (non-hydrogen) atoms. The number of halogens is 2. The Morgan fingerprint density at radius 3 is 2.29 bits per heavy atom. The van der Waals surface area contributed by atoms with Crippen molar-refractivity contribution in [2.75, 3.05) is 13.2 Å². The average molecular weight is 299 g/mol. The molecule has 0 bridgehead atoms. The molecule has 1 fully saturated rings. The zero-order valence-corrected chi connectivity index (χ0v) is 11.2. The molecule has 0 spiro atoms. The molecule has 1 aromatic carbocycles. The van der Waals surface area contributed by atoms with E-state index in [0.717, 1.165) is 12.1 Å². The second-order valence-corrected chi connectivity index (χ2v) is 5.08. The monoisotopic (exact) mass is 299 g/mol. The highest BCUT2D eigenvalue weighted by molar-refractivity contribution is 5.95. The van der Waals surface area contributed by atoms with Gasteiger partial charge in [-0.25, -0.2) is 8.78 Å². The van der Waals surface area contributed by atoms with Crippen LogP contribution in [0.2, 0.25) is 0 Å². The number of carbonyl (C=O) groups excluding carboxylic acids is 1. The van der Waals surface area contributed by atoms with Gasteiger partial charge in [-0.15, -0.1) is 0 Å². The largest absolute Gasteiger partial charge is 0.481 e. The van der Waals surface area contributed by atoms with Crippen molar-refractivity contribution in [1.29, 1.82) is 0 Å². The molecule has 1 aromatic rings. The lowest BCUT2D eigenvalue weighted by Crippen LogP contribution is -2.53. The number of nitrogens with one attached hydrogen (secondary N) is 1. The SMILES string of the molecule is O=C(O)CC1(NC(=O)c2cc(F)cc(F)c2)CCOCC1. The predicted octanol–water partition coefficient (Wildman–Crippen LogP) is 1.72. The van der Waals surface area contributed by atoms with Crippen molar-refractivity contribution in [2.24, 2.45) is 0 Å². The van der Waals surface area contributed by atoms with Gasteiger partial charge < -0.3 is 15.2 Å². The number of ether oxygens (including phenoxy) is 1. The summed E-state index contributed by atoms with van der Waals surface area (Å²) in [5, 5.41) is 11.6. The number of benzene rings is 1. The van der Waals surface area contributed by atoms with Gasteiger partial charge in [0.1, 0.15) is 11.6 Å². The molecule has 1 amide bonds. The Labute approximate surface area is 119 Å². The molecular formula is C14H15F2NO4. The number of rotatable bonds is 4. The van der Waals surface area contributed by atoms with Crippen LogP contribution in [0.5, 0.6) is 0 Å². The van der Waals surface area contributed by atoms with E-state index in [1.54, 1.807) is 0 Å². The van der Waals surface area contributed by atoms with E-state index < -0.39 is 29.0 Å². The molecule has 0 saturated carbocycles. The smallest absolute Gasteiger partial charge is 0.305 e. The second kappa shape index (κ2) is 6.17. The van der Waals surface area contributed by atoms with E-state index in [2.05, 4.69) is 5.32 Å². The molecule has 0 radical (unpaired) electrons. The van der Waals surface area contributed by atoms with Crippen LogP contribution in [0.15, 0.2) is 18.2 Å². The summed E-state index contributed by atoms with van der Waals surface area (Å²) in [6.45, 7) is 0.649. The summed E-state index contributed by atoms with van der Waals surface area (Å²) in [5.74, 6) is -3.47. The van der Waals surface area contributed by atoms with E-state index >= 15 is 0 Å². The maximum absolute atomic E-state index is 13.1. The van der Waals surface area contributed by atoms with Crippen molar-refractivity contribution in [3.05, 3.63) is 35.4 Å². The quantitative estimate of drug-likeness (QED) is 0.887. The summed E-state index contributed by atoms with van der Waals surface area (Å²) in [7, 11) is 0. The normalized spacial score (nSPS) is 17.2. The van der Waals surface area contributed by atoms with Gasteiger partial charge in [-0.1, -0.05) is 0 Å². The molecule has 0 atom stereocenters. The summed E-state index contributed by atoms with van der Waals surface area (Å²) >= 11 is 0. The number of carboxylic acids is 1. The zero-order valence-electron chi connectivity index (χ0n) is 11.2. The number of carbonyl (C=O) groups is 2. The van der Waals surface area contributed by atoms with Crippen LogP contribution >= 0.6 is 0 Å². The molecule has 0 aliphatic carbocycles. The minimum Gasteiger partial charge on any atom is -0.481 e. The Hall–Kier alpha value is -2.02. The molecule has 1 aliphatic heterocycles. The van der Waals surface area contributed by atoms with Crippen molar-refractivity contribution >= 4 is 11.9 Å². The fourth-order valence-electron chi connectivity index (χ4n) is 2.40. The highest BCUT2D eigenvalue weighted by Gasteiger charge is 2.36. The van der Waals surface area contributed by atoms with Crippen LogP contribution in [0.4, 0.5) is 8.78 Å². The average Bonchev–Trinajstić information content (AvgIpc) is 2.37. The number of carboxylic acid groups (broad SMARTS) is 1. The third-order valence-electron chi connectivity index (χ3n) is 3.44. The van der Waals surface area contributed by atoms with Gasteiger partial charge in [0, 0.05) is 24.8 Å². The number of hydrogen-bond donors (Lipinski definition) is 2. The van der Waals surface area contributed by atoms with Crippen molar-refractivity contribution in [1.82, 2.24) is 5.32 Å². The van der Waals surface area contributed by atoms with Crippen molar-refractivity contribution in [2.45, 2.75) is 24.8 Å². The lowest BCUT2D eigenvalue weighted by molar-refractivity contribution is -0.139. The Morgan fingerprint density at radius 1 is 1.19 bits per heavy atom. The topological polar surface area (TPSA) is 75.6 Å². The fourth-order valence-corrected chi connectivity index (χ4v) is 2.40. The molecule has 1 aliphatic rings. The Balaban J connectivity index is 2.19. The summed E-state index contributed by atoms with van der Waals surface area (Å²) in [6.07, 6.45) is 0.408. The molecule has 0 unspecified atom stereocenters. The van der Waals surface area contributed by atoms with Gasteiger partial charge in [-0.3, -0.25) is 9.59 Å². The van der Waals surface area contributed by atoms with E-state index in [9.17, 15) is 18.4 Å². The Bertz CT molecular complexity index is 536. The maximum Gasteiger partial charge on any atom is 0.305 e. The van der Waals surface area contributed by atoms with E-state index in [4.69, 9.17) is 9.84 Å². The summed E-state index contributed by atoms with van der Waals surface area (Å²) in [5.41, 5.74) is -1.13. The molecule has 5 nitrogen and oxygen atoms in total. The number of aliphatic carboxylic acids is 1. The first-order chi connectivity index (χ1) is 9.90. The van der Waals surface area contributed by atoms with Crippen LogP contribution in [0.1, 0.15) is 29.6 Å². The van der Waals surface area contributed by atoms with Crippen molar-refractivity contribution < 1.29 is 28.2 Å². The van der Waals surface area contributed by atoms with Gasteiger partial charge in [-0.05, 0) is 25.0 Å². The van der Waals surface area contributed by atoms with Gasteiger partial charge in [0.25, 0.3) is 5.91 Å². The molecule has 7 heteroatoms. The fraction of sp³-hybridized carbons (Fsp3) is 0.429. The molecule has 2 rings (SSSR count). The van der Waals surface area contributed by atoms with Gasteiger partial charge in [0.15, 0.2) is 0 Å². The van der Waals surface area contributed by atoms with Crippen LogP contribution in [0, 0.1) is 11.6 Å². The molecular weight excluding hydrogens is 284 g/mol. The lowest BCUT2D eigenvalue weighted by atomic mass is 9.86. The van der Waals surface area contributed by atoms with Crippen molar-refractivity contribution in [3.63, 3.8) is 0 Å². The highest BCUT2D eigenvalue weighted by atomic mass is 19.1. The summed E-state index contributed by atoms with van der Waals surface area (Å²) in [6, 6.07) is 2.48. The second-order valence-electron chi connectivity index (χ2n) is 5.08. The molecule has 1 heterocycles. The minimum absolute atomic E-state index is 0.177. The molecule has 0 aromatic heterocycles. The molecule has 114 valence electrons. The third kappa shape index (κ3) is 3.98. The third-order valence-corrected chi connectivity index (χ3v) is 3.44. The van der Waals surface area contributed by atoms with E-state index in [1.165, 1.54) is 0 Å². The van der Waals surface area contributed by atoms with Gasteiger partial charge >= 0.3 is 5.97 Å². The van der Waals surface area contributed by atoms with Crippen LogP contribution < -0.4 is 5.32 Å². The standard InChI is InChI=1S/C14H15F2NO4/c15-10-5-9(6-11(16)7-10)13(20)17-14(8-12(18)19)1-3-21-4-2-14/h5-7H,1-4,8H2,(H,17,20)(H,18,19). The predicted molar refractivity (Wildman–Crippen MR) is 68.9 cm³/mol. The Morgan fingerprint density at radius 2 is 1.76 bits per heavy atom. The lowest BCUT2D eigenvalue weighted by Gasteiger charge is -2.36. The van der Waals surface area contributed by atoms with Crippen LogP contribution in [0.3, 0.4) is 0 Å². The first-order valence-corrected chi connectivity index (χ1v) is 6.48. The number of amides is 1. The summed E-state index contributed by atoms with van der Waals surface area (Å²) < 4.78 is 31.4. The maximum atomic E-state index is 13.1. The van der Waals surface area contributed by atoms with Gasteiger partial charge in [0.05, 0.1) is 12.0 Å². The highest BCUT2D eigenvalue weighted by Crippen LogP contribution is 2.25. The van der Waals surface area contributed by atoms with Crippen LogP contribution in [-0.4, -0.2) is 35.7 Å². The first kappa shape index (κ1) is 15.4. The van der Waals surface area contributed by atoms with Gasteiger partial charge in [-0.2, -0.15) is 0 Å². The van der Waals surface area contributed by atoms with E-state index in [0.29, 0.717) is 32.1 Å². The van der Waals surface area contributed by atoms with Gasteiger partial charge in [0.2, 0.25) is 0 Å². The Kier molecular flexibility index (Phi) is 4.52. The van der Waals surface area contributed by atoms with Crippen LogP contribution in [0.25, 0.3) is 0 Å². The van der Waals surface area contributed by atoms with E-state index in [-0.39, 0.29) is 12.0 Å². The summed E-state index contributed by atoms with van der Waals surface area (Å²) in [4.78, 5) is 23.1. The van der Waals surface area contributed by atoms with Crippen LogP contribution in [-0.2, 0) is 9.53 Å². The first-order valence-electron chi connectivity index (χ1n) is 6.48. The zero-order chi connectivity index (χ0) is 15.5. The molecule has 1 saturated heterocycles. The molecule has 2 N–H and O–H groups in total.